The highest BCUT2D eigenvalue weighted by molar-refractivity contribution is 5.28. The third-order valence-corrected chi connectivity index (χ3v) is 5.53. The molecule has 2 saturated carbocycles. The number of allylic oxidation sites excluding steroid dienone is 1. The SMILES string of the molecule is C[C@@]12C=CC(O)[C@]1(C)[C@@H]1CC[C@H]2C1. The van der Waals surface area contributed by atoms with Gasteiger partial charge in [-0.25, -0.2) is 0 Å². The van der Waals surface area contributed by atoms with Crippen LogP contribution >= 0.6 is 0 Å². The summed E-state index contributed by atoms with van der Waals surface area (Å²) in [4.78, 5) is 0. The Hall–Kier alpha value is -0.300. The van der Waals surface area contributed by atoms with Gasteiger partial charge in [0.05, 0.1) is 6.10 Å². The number of hydrogen-bond acceptors (Lipinski definition) is 1. The van der Waals surface area contributed by atoms with Crippen molar-refractivity contribution in [3.8, 4) is 0 Å². The Kier molecular flexibility index (Phi) is 1.26. The van der Waals surface area contributed by atoms with Gasteiger partial charge < -0.3 is 5.11 Å². The first-order chi connectivity index (χ1) is 6.09. The molecule has 3 aliphatic carbocycles. The smallest absolute Gasteiger partial charge is 0.0785 e. The average Bonchev–Trinajstić information content (AvgIpc) is 2.70. The molecule has 72 valence electrons. The maximum atomic E-state index is 10.1. The van der Waals surface area contributed by atoms with E-state index in [4.69, 9.17) is 0 Å². The quantitative estimate of drug-likeness (QED) is 0.565. The van der Waals surface area contributed by atoms with Gasteiger partial charge in [0.25, 0.3) is 0 Å². The Morgan fingerprint density at radius 3 is 2.62 bits per heavy atom. The highest BCUT2D eigenvalue weighted by Crippen LogP contribution is 2.70. The van der Waals surface area contributed by atoms with Crippen LogP contribution in [-0.2, 0) is 0 Å². The molecule has 13 heavy (non-hydrogen) atoms. The van der Waals surface area contributed by atoms with E-state index in [2.05, 4.69) is 19.9 Å². The van der Waals surface area contributed by atoms with E-state index in [9.17, 15) is 5.11 Å². The molecule has 0 saturated heterocycles. The topological polar surface area (TPSA) is 20.2 Å². The van der Waals surface area contributed by atoms with Crippen molar-refractivity contribution in [1.82, 2.24) is 0 Å². The lowest BCUT2D eigenvalue weighted by Gasteiger charge is -2.46. The first-order valence-electron chi connectivity index (χ1n) is 5.46. The highest BCUT2D eigenvalue weighted by atomic mass is 16.3. The van der Waals surface area contributed by atoms with Crippen LogP contribution in [0.25, 0.3) is 0 Å². The Labute approximate surface area is 79.8 Å². The molecule has 1 N–H and O–H groups in total. The summed E-state index contributed by atoms with van der Waals surface area (Å²) in [6.07, 6.45) is 8.22. The molecular weight excluding hydrogens is 160 g/mol. The van der Waals surface area contributed by atoms with Crippen LogP contribution in [0.3, 0.4) is 0 Å². The summed E-state index contributed by atoms with van der Waals surface area (Å²) in [6.45, 7) is 4.64. The Morgan fingerprint density at radius 1 is 1.23 bits per heavy atom. The molecule has 0 aromatic rings. The minimum absolute atomic E-state index is 0.163. The van der Waals surface area contributed by atoms with Crippen molar-refractivity contribution in [2.45, 2.75) is 39.2 Å². The van der Waals surface area contributed by atoms with Gasteiger partial charge >= 0.3 is 0 Å². The van der Waals surface area contributed by atoms with Crippen molar-refractivity contribution in [2.24, 2.45) is 22.7 Å². The van der Waals surface area contributed by atoms with Crippen LogP contribution in [0.1, 0.15) is 33.1 Å². The van der Waals surface area contributed by atoms with E-state index >= 15 is 0 Å². The summed E-state index contributed by atoms with van der Waals surface area (Å²) in [7, 11) is 0. The molecule has 0 aromatic heterocycles. The molecule has 0 spiro atoms. The summed E-state index contributed by atoms with van der Waals surface area (Å²) in [5, 5.41) is 10.1. The van der Waals surface area contributed by atoms with E-state index < -0.39 is 0 Å². The highest BCUT2D eigenvalue weighted by Gasteiger charge is 2.65. The largest absolute Gasteiger partial charge is 0.388 e. The molecule has 3 rings (SSSR count). The molecule has 5 atom stereocenters. The molecule has 1 nitrogen and oxygen atoms in total. The van der Waals surface area contributed by atoms with Crippen LogP contribution in [0.2, 0.25) is 0 Å². The maximum absolute atomic E-state index is 10.1. The van der Waals surface area contributed by atoms with Crippen LogP contribution in [0.15, 0.2) is 12.2 Å². The molecule has 1 unspecified atom stereocenters. The molecule has 0 radical (unpaired) electrons. The van der Waals surface area contributed by atoms with Gasteiger partial charge in [-0.3, -0.25) is 0 Å². The fourth-order valence-corrected chi connectivity index (χ4v) is 4.32. The predicted octanol–water partition coefficient (Wildman–Crippen LogP) is 2.36. The van der Waals surface area contributed by atoms with E-state index in [0.29, 0.717) is 5.41 Å². The monoisotopic (exact) mass is 178 g/mol. The fraction of sp³-hybridized carbons (Fsp3) is 0.833. The summed E-state index contributed by atoms with van der Waals surface area (Å²) in [6, 6.07) is 0. The van der Waals surface area contributed by atoms with Crippen LogP contribution in [0.4, 0.5) is 0 Å². The van der Waals surface area contributed by atoms with Crippen molar-refractivity contribution < 1.29 is 5.11 Å². The zero-order valence-electron chi connectivity index (χ0n) is 8.46. The number of rotatable bonds is 0. The first-order valence-corrected chi connectivity index (χ1v) is 5.46. The van der Waals surface area contributed by atoms with Crippen molar-refractivity contribution in [1.29, 1.82) is 0 Å². The van der Waals surface area contributed by atoms with Gasteiger partial charge in [0, 0.05) is 5.41 Å². The molecule has 3 aliphatic rings. The van der Waals surface area contributed by atoms with Crippen LogP contribution < -0.4 is 0 Å². The molecule has 0 aliphatic heterocycles. The van der Waals surface area contributed by atoms with Gasteiger partial charge in [-0.05, 0) is 36.5 Å². The zero-order valence-corrected chi connectivity index (χ0v) is 8.46. The lowest BCUT2D eigenvalue weighted by Crippen LogP contribution is -2.45. The molecule has 2 fully saturated rings. The summed E-state index contributed by atoms with van der Waals surface area (Å²) in [5.74, 6) is 1.61. The second-order valence-electron chi connectivity index (χ2n) is 5.58. The summed E-state index contributed by atoms with van der Waals surface area (Å²) >= 11 is 0. The molecular formula is C12H18O. The van der Waals surface area contributed by atoms with Gasteiger partial charge in [-0.1, -0.05) is 26.0 Å². The minimum Gasteiger partial charge on any atom is -0.388 e. The lowest BCUT2D eigenvalue weighted by atomic mass is 9.59. The van der Waals surface area contributed by atoms with Gasteiger partial charge in [-0.15, -0.1) is 0 Å². The van der Waals surface area contributed by atoms with Crippen molar-refractivity contribution >= 4 is 0 Å². The van der Waals surface area contributed by atoms with Crippen LogP contribution in [0.5, 0.6) is 0 Å². The number of hydrogen-bond donors (Lipinski definition) is 1. The maximum Gasteiger partial charge on any atom is 0.0785 e. The summed E-state index contributed by atoms with van der Waals surface area (Å²) in [5.41, 5.74) is 0.464. The standard InChI is InChI=1S/C12H18O/c1-11-6-5-10(13)12(11,2)9-4-3-8(11)7-9/h5-6,8-10,13H,3-4,7H2,1-2H3/t8-,9+,10?,11-,12-/m0/s1. The Balaban J connectivity index is 2.13. The molecule has 0 heterocycles. The third-order valence-electron chi connectivity index (χ3n) is 5.53. The second kappa shape index (κ2) is 2.03. The number of fused-ring (bicyclic) bond motifs is 5. The lowest BCUT2D eigenvalue weighted by molar-refractivity contribution is -0.0306. The van der Waals surface area contributed by atoms with E-state index in [-0.39, 0.29) is 11.5 Å². The predicted molar refractivity (Wildman–Crippen MR) is 52.2 cm³/mol. The molecule has 0 amide bonds. The number of aliphatic hydroxyl groups is 1. The molecule has 1 heteroatoms. The average molecular weight is 178 g/mol. The summed E-state index contributed by atoms with van der Waals surface area (Å²) < 4.78 is 0. The van der Waals surface area contributed by atoms with Crippen LogP contribution in [-0.4, -0.2) is 11.2 Å². The fourth-order valence-electron chi connectivity index (χ4n) is 4.32. The van der Waals surface area contributed by atoms with E-state index in [1.54, 1.807) is 0 Å². The second-order valence-corrected chi connectivity index (χ2v) is 5.58. The van der Waals surface area contributed by atoms with Crippen molar-refractivity contribution in [2.75, 3.05) is 0 Å². The van der Waals surface area contributed by atoms with Gasteiger partial charge in [-0.2, -0.15) is 0 Å². The van der Waals surface area contributed by atoms with Gasteiger partial charge in [0.2, 0.25) is 0 Å². The van der Waals surface area contributed by atoms with Crippen LogP contribution in [0, 0.1) is 22.7 Å². The molecule has 0 aromatic carbocycles. The Morgan fingerprint density at radius 2 is 1.92 bits per heavy atom. The van der Waals surface area contributed by atoms with E-state index in [1.807, 2.05) is 6.08 Å². The Bertz CT molecular complexity index is 283. The molecule has 2 bridgehead atoms. The zero-order chi connectivity index (χ0) is 9.27. The number of aliphatic hydroxyl groups excluding tert-OH is 1. The third kappa shape index (κ3) is 0.633. The van der Waals surface area contributed by atoms with Gasteiger partial charge in [0.15, 0.2) is 0 Å². The van der Waals surface area contributed by atoms with Crippen molar-refractivity contribution in [3.05, 3.63) is 12.2 Å². The normalized spacial score (nSPS) is 63.2. The van der Waals surface area contributed by atoms with Gasteiger partial charge in [0.1, 0.15) is 0 Å². The van der Waals surface area contributed by atoms with Crippen molar-refractivity contribution in [3.63, 3.8) is 0 Å². The minimum atomic E-state index is -0.187. The van der Waals surface area contributed by atoms with E-state index in [0.717, 1.165) is 11.8 Å². The first kappa shape index (κ1) is 8.05. The van der Waals surface area contributed by atoms with E-state index in [1.165, 1.54) is 19.3 Å².